The van der Waals surface area contributed by atoms with Gasteiger partial charge in [-0.3, -0.25) is 9.89 Å². The summed E-state index contributed by atoms with van der Waals surface area (Å²) in [6.45, 7) is 6.40. The minimum absolute atomic E-state index is 0.164. The number of aliphatic imine (C=N–C) groups is 1. The molecule has 0 saturated heterocycles. The van der Waals surface area contributed by atoms with Crippen molar-refractivity contribution in [2.24, 2.45) is 4.99 Å². The van der Waals surface area contributed by atoms with Crippen molar-refractivity contribution < 1.29 is 13.2 Å². The van der Waals surface area contributed by atoms with Crippen molar-refractivity contribution in [1.82, 2.24) is 15.5 Å². The predicted molar refractivity (Wildman–Crippen MR) is 90.0 cm³/mol. The molecular formula is C15H25F3N4S. The Hall–Kier alpha value is -1.28. The number of hydrogen-bond donors (Lipinski definition) is 2. The van der Waals surface area contributed by atoms with Gasteiger partial charge in [0.15, 0.2) is 5.96 Å². The fourth-order valence-electron chi connectivity index (χ4n) is 2.32. The molecule has 1 rings (SSSR count). The Balaban J connectivity index is 2.59. The van der Waals surface area contributed by atoms with Crippen molar-refractivity contribution in [1.29, 1.82) is 0 Å². The van der Waals surface area contributed by atoms with Gasteiger partial charge in [-0.2, -0.15) is 24.5 Å². The number of hydrogen-bond acceptors (Lipinski definition) is 3. The lowest BCUT2D eigenvalue weighted by Gasteiger charge is -2.30. The molecule has 2 N–H and O–H groups in total. The highest BCUT2D eigenvalue weighted by Gasteiger charge is 2.26. The fourth-order valence-corrected chi connectivity index (χ4v) is 3.03. The number of guanidine groups is 1. The Labute approximate surface area is 139 Å². The molecule has 0 amide bonds. The molecule has 4 nitrogen and oxygen atoms in total. The SMILES string of the molecule is CCN(CC)C(CNC(=NC)NCCC(F)(F)F)c1ccsc1. The quantitative estimate of drug-likeness (QED) is 0.558. The molecule has 1 aromatic heterocycles. The van der Waals surface area contributed by atoms with Gasteiger partial charge in [0, 0.05) is 20.1 Å². The van der Waals surface area contributed by atoms with Crippen LogP contribution in [0.1, 0.15) is 31.9 Å². The molecule has 0 spiro atoms. The van der Waals surface area contributed by atoms with Crippen molar-refractivity contribution in [3.63, 3.8) is 0 Å². The zero-order valence-electron chi connectivity index (χ0n) is 13.8. The highest BCUT2D eigenvalue weighted by atomic mass is 32.1. The maximum atomic E-state index is 12.2. The first-order valence-electron chi connectivity index (χ1n) is 7.68. The van der Waals surface area contributed by atoms with Crippen LogP contribution in [0.3, 0.4) is 0 Å². The van der Waals surface area contributed by atoms with Crippen LogP contribution in [-0.4, -0.2) is 50.3 Å². The van der Waals surface area contributed by atoms with E-state index in [9.17, 15) is 13.2 Å². The van der Waals surface area contributed by atoms with Gasteiger partial charge in [-0.05, 0) is 35.5 Å². The van der Waals surface area contributed by atoms with E-state index in [1.807, 2.05) is 5.38 Å². The van der Waals surface area contributed by atoms with Crippen molar-refractivity contribution in [2.45, 2.75) is 32.5 Å². The first-order chi connectivity index (χ1) is 10.9. The van der Waals surface area contributed by atoms with Crippen LogP contribution in [0.4, 0.5) is 13.2 Å². The van der Waals surface area contributed by atoms with Crippen molar-refractivity contribution in [3.05, 3.63) is 22.4 Å². The highest BCUT2D eigenvalue weighted by Crippen LogP contribution is 2.22. The summed E-state index contributed by atoms with van der Waals surface area (Å²) >= 11 is 1.64. The smallest absolute Gasteiger partial charge is 0.356 e. The summed E-state index contributed by atoms with van der Waals surface area (Å²) in [5.74, 6) is 0.390. The fraction of sp³-hybridized carbons (Fsp3) is 0.667. The maximum Gasteiger partial charge on any atom is 0.390 e. The van der Waals surface area contributed by atoms with E-state index in [-0.39, 0.29) is 12.6 Å². The third-order valence-electron chi connectivity index (χ3n) is 3.57. The number of thiophene rings is 1. The second-order valence-corrected chi connectivity index (χ2v) is 5.82. The van der Waals surface area contributed by atoms with Gasteiger partial charge in [0.05, 0.1) is 12.5 Å². The van der Waals surface area contributed by atoms with E-state index in [1.54, 1.807) is 18.4 Å². The summed E-state index contributed by atoms with van der Waals surface area (Å²) in [4.78, 5) is 6.29. The van der Waals surface area contributed by atoms with Gasteiger partial charge in [0.2, 0.25) is 0 Å². The molecule has 1 aromatic rings. The molecule has 132 valence electrons. The lowest BCUT2D eigenvalue weighted by Crippen LogP contribution is -2.43. The van der Waals surface area contributed by atoms with Crippen LogP contribution in [-0.2, 0) is 0 Å². The molecule has 1 atom stereocenters. The molecule has 0 radical (unpaired) electrons. The predicted octanol–water partition coefficient (Wildman–Crippen LogP) is 3.25. The molecule has 0 aliphatic heterocycles. The number of halogens is 3. The van der Waals surface area contributed by atoms with Crippen LogP contribution in [0.5, 0.6) is 0 Å². The number of rotatable bonds is 8. The molecule has 0 aromatic carbocycles. The average Bonchev–Trinajstić information content (AvgIpc) is 3.02. The van der Waals surface area contributed by atoms with Crippen LogP contribution in [0.25, 0.3) is 0 Å². The standard InChI is InChI=1S/C15H25F3N4S/c1-4-22(5-2)13(12-6-9-23-11-12)10-21-14(19-3)20-8-7-15(16,17)18/h6,9,11,13H,4-5,7-8,10H2,1-3H3,(H2,19,20,21). The third kappa shape index (κ3) is 7.22. The lowest BCUT2D eigenvalue weighted by molar-refractivity contribution is -0.132. The number of alkyl halides is 3. The molecule has 0 aliphatic rings. The van der Waals surface area contributed by atoms with Gasteiger partial charge in [0.1, 0.15) is 0 Å². The van der Waals surface area contributed by atoms with E-state index in [2.05, 4.69) is 45.8 Å². The monoisotopic (exact) mass is 350 g/mol. The second kappa shape index (κ2) is 9.77. The summed E-state index contributed by atoms with van der Waals surface area (Å²) in [6, 6.07) is 2.24. The maximum absolute atomic E-state index is 12.2. The largest absolute Gasteiger partial charge is 0.390 e. The van der Waals surface area contributed by atoms with Crippen LogP contribution in [0.2, 0.25) is 0 Å². The van der Waals surface area contributed by atoms with Crippen molar-refractivity contribution in [2.75, 3.05) is 33.2 Å². The molecule has 8 heteroatoms. The Kier molecular flexibility index (Phi) is 8.40. The Morgan fingerprint density at radius 1 is 1.30 bits per heavy atom. The first kappa shape index (κ1) is 19.8. The molecular weight excluding hydrogens is 325 g/mol. The number of nitrogens with one attached hydrogen (secondary N) is 2. The van der Waals surface area contributed by atoms with Crippen LogP contribution in [0.15, 0.2) is 21.8 Å². The van der Waals surface area contributed by atoms with Gasteiger partial charge in [0.25, 0.3) is 0 Å². The van der Waals surface area contributed by atoms with E-state index in [1.165, 1.54) is 5.56 Å². The van der Waals surface area contributed by atoms with Gasteiger partial charge < -0.3 is 10.6 Å². The normalized spacial score (nSPS) is 14.1. The number of nitrogens with zero attached hydrogens (tertiary/aromatic N) is 2. The van der Waals surface area contributed by atoms with E-state index in [0.29, 0.717) is 12.5 Å². The second-order valence-electron chi connectivity index (χ2n) is 5.04. The van der Waals surface area contributed by atoms with E-state index in [0.717, 1.165) is 13.1 Å². The zero-order valence-corrected chi connectivity index (χ0v) is 14.6. The van der Waals surface area contributed by atoms with Crippen molar-refractivity contribution >= 4 is 17.3 Å². The summed E-state index contributed by atoms with van der Waals surface area (Å²) in [5, 5.41) is 9.96. The van der Waals surface area contributed by atoms with E-state index >= 15 is 0 Å². The topological polar surface area (TPSA) is 39.7 Å². The van der Waals surface area contributed by atoms with E-state index in [4.69, 9.17) is 0 Å². The van der Waals surface area contributed by atoms with Crippen LogP contribution < -0.4 is 10.6 Å². The minimum atomic E-state index is -4.16. The average molecular weight is 350 g/mol. The van der Waals surface area contributed by atoms with E-state index < -0.39 is 12.6 Å². The van der Waals surface area contributed by atoms with Crippen LogP contribution >= 0.6 is 11.3 Å². The molecule has 23 heavy (non-hydrogen) atoms. The molecule has 0 fully saturated rings. The Bertz CT molecular complexity index is 456. The lowest BCUT2D eigenvalue weighted by atomic mass is 10.1. The van der Waals surface area contributed by atoms with Gasteiger partial charge >= 0.3 is 6.18 Å². The summed E-state index contributed by atoms with van der Waals surface area (Å²) < 4.78 is 36.6. The third-order valence-corrected chi connectivity index (χ3v) is 4.27. The minimum Gasteiger partial charge on any atom is -0.356 e. The van der Waals surface area contributed by atoms with Gasteiger partial charge in [-0.1, -0.05) is 13.8 Å². The summed E-state index contributed by atoms with van der Waals surface area (Å²) in [7, 11) is 1.56. The highest BCUT2D eigenvalue weighted by molar-refractivity contribution is 7.07. The van der Waals surface area contributed by atoms with Crippen LogP contribution in [0, 0.1) is 0 Å². The van der Waals surface area contributed by atoms with Gasteiger partial charge in [-0.15, -0.1) is 0 Å². The Morgan fingerprint density at radius 2 is 2.00 bits per heavy atom. The zero-order chi connectivity index (χ0) is 17.3. The molecule has 1 unspecified atom stereocenters. The molecule has 0 aliphatic carbocycles. The molecule has 0 saturated carbocycles. The molecule has 1 heterocycles. The van der Waals surface area contributed by atoms with Gasteiger partial charge in [-0.25, -0.2) is 0 Å². The Morgan fingerprint density at radius 3 is 2.48 bits per heavy atom. The summed E-state index contributed by atoms with van der Waals surface area (Å²) in [6.07, 6.45) is -5.04. The molecule has 0 bridgehead atoms. The number of likely N-dealkylation sites (N-methyl/N-ethyl adjacent to an activating group) is 1. The van der Waals surface area contributed by atoms with Crippen molar-refractivity contribution in [3.8, 4) is 0 Å². The summed E-state index contributed by atoms with van der Waals surface area (Å²) in [5.41, 5.74) is 1.21. The first-order valence-corrected chi connectivity index (χ1v) is 8.63.